The van der Waals surface area contributed by atoms with Gasteiger partial charge in [-0.15, -0.1) is 0 Å². The molecule has 2 N–H and O–H groups in total. The van der Waals surface area contributed by atoms with Crippen LogP contribution < -0.4 is 5.43 Å². The van der Waals surface area contributed by atoms with Gasteiger partial charge >= 0.3 is 5.97 Å². The first-order valence-electron chi connectivity index (χ1n) is 8.32. The van der Waals surface area contributed by atoms with Gasteiger partial charge in [0.05, 0.1) is 21.1 Å². The van der Waals surface area contributed by atoms with E-state index >= 15 is 0 Å². The minimum Gasteiger partial charge on any atom is -0.508 e. The normalized spacial score (nSPS) is 11.2. The van der Waals surface area contributed by atoms with E-state index in [2.05, 4.69) is 0 Å². The van der Waals surface area contributed by atoms with Crippen molar-refractivity contribution in [1.82, 2.24) is 4.57 Å². The van der Waals surface area contributed by atoms with E-state index in [1.807, 2.05) is 0 Å². The number of carboxylic acid groups (broad SMARTS) is 1. The zero-order valence-corrected chi connectivity index (χ0v) is 15.8. The Morgan fingerprint density at radius 3 is 2.25 bits per heavy atom. The van der Waals surface area contributed by atoms with Gasteiger partial charge in [0.2, 0.25) is 0 Å². The largest absolute Gasteiger partial charge is 0.508 e. The van der Waals surface area contributed by atoms with E-state index in [9.17, 15) is 19.8 Å². The van der Waals surface area contributed by atoms with Crippen LogP contribution in [0.15, 0.2) is 59.4 Å². The molecular weight excluding hydrogens is 401 g/mol. The second-order valence-electron chi connectivity index (χ2n) is 6.35. The number of rotatable bonds is 3. The lowest BCUT2D eigenvalue weighted by Crippen LogP contribution is -2.16. The van der Waals surface area contributed by atoms with Crippen LogP contribution in [0, 0.1) is 0 Å². The van der Waals surface area contributed by atoms with Crippen LogP contribution in [0.1, 0.15) is 0 Å². The van der Waals surface area contributed by atoms with Gasteiger partial charge in [0.1, 0.15) is 12.3 Å². The van der Waals surface area contributed by atoms with Crippen molar-refractivity contribution in [3.05, 3.63) is 74.9 Å². The average molecular weight is 414 g/mol. The van der Waals surface area contributed by atoms with Gasteiger partial charge in [-0.25, -0.2) is 0 Å². The summed E-state index contributed by atoms with van der Waals surface area (Å²) in [6.45, 7) is -0.383. The molecule has 0 aliphatic carbocycles. The first-order valence-corrected chi connectivity index (χ1v) is 9.08. The minimum atomic E-state index is -1.07. The third-order valence-corrected chi connectivity index (χ3v) is 5.41. The van der Waals surface area contributed by atoms with Gasteiger partial charge in [0.15, 0.2) is 5.43 Å². The Kier molecular flexibility index (Phi) is 4.49. The molecule has 4 rings (SSSR count). The molecule has 0 aliphatic rings. The van der Waals surface area contributed by atoms with E-state index in [4.69, 9.17) is 23.2 Å². The van der Waals surface area contributed by atoms with Crippen molar-refractivity contribution in [2.24, 2.45) is 0 Å². The lowest BCUT2D eigenvalue weighted by atomic mass is 10.0. The van der Waals surface area contributed by atoms with Gasteiger partial charge < -0.3 is 14.8 Å². The molecule has 0 fully saturated rings. The summed E-state index contributed by atoms with van der Waals surface area (Å²) in [6, 6.07) is 14.9. The third kappa shape index (κ3) is 2.99. The number of halogens is 2. The molecule has 7 heteroatoms. The number of fused-ring (bicyclic) bond motifs is 2. The maximum absolute atomic E-state index is 13.0. The maximum Gasteiger partial charge on any atom is 0.323 e. The number of hydrogen-bond donors (Lipinski definition) is 2. The summed E-state index contributed by atoms with van der Waals surface area (Å²) >= 11 is 12.5. The molecule has 0 atom stereocenters. The summed E-state index contributed by atoms with van der Waals surface area (Å²) in [5.41, 5.74) is 2.06. The van der Waals surface area contributed by atoms with E-state index in [-0.39, 0.29) is 33.3 Å². The third-order valence-electron chi connectivity index (χ3n) is 4.61. The van der Waals surface area contributed by atoms with Gasteiger partial charge in [0.25, 0.3) is 0 Å². The molecule has 4 aromatic rings. The fraction of sp³-hybridized carbons (Fsp3) is 0.0476. The molecule has 5 nitrogen and oxygen atoms in total. The Bertz CT molecular complexity index is 1310. The van der Waals surface area contributed by atoms with Crippen molar-refractivity contribution in [3.63, 3.8) is 0 Å². The SMILES string of the molecule is O=C(O)Cn1c2cc(-c3ccc(O)cc3)ccc2c(=O)c2ccc(Cl)c(Cl)c21. The van der Waals surface area contributed by atoms with Crippen LogP contribution in [-0.4, -0.2) is 20.7 Å². The smallest absolute Gasteiger partial charge is 0.323 e. The zero-order valence-electron chi connectivity index (χ0n) is 14.3. The van der Waals surface area contributed by atoms with Crippen molar-refractivity contribution in [1.29, 1.82) is 0 Å². The summed E-state index contributed by atoms with van der Waals surface area (Å²) in [7, 11) is 0. The van der Waals surface area contributed by atoms with Crippen LogP contribution in [0.2, 0.25) is 10.0 Å². The number of phenols is 1. The number of phenolic OH excluding ortho intramolecular Hbond substituents is 1. The fourth-order valence-corrected chi connectivity index (χ4v) is 3.75. The van der Waals surface area contributed by atoms with Crippen molar-refractivity contribution in [3.8, 4) is 16.9 Å². The predicted molar refractivity (Wildman–Crippen MR) is 110 cm³/mol. The van der Waals surface area contributed by atoms with Crippen LogP contribution in [0.25, 0.3) is 32.9 Å². The molecule has 3 aromatic carbocycles. The lowest BCUT2D eigenvalue weighted by molar-refractivity contribution is -0.137. The van der Waals surface area contributed by atoms with Crippen LogP contribution >= 0.6 is 23.2 Å². The molecule has 0 bridgehead atoms. The monoisotopic (exact) mass is 413 g/mol. The lowest BCUT2D eigenvalue weighted by Gasteiger charge is -2.16. The Labute approximate surface area is 169 Å². The predicted octanol–water partition coefficient (Wildman–Crippen LogP) is 4.92. The van der Waals surface area contributed by atoms with E-state index in [0.29, 0.717) is 16.3 Å². The van der Waals surface area contributed by atoms with E-state index < -0.39 is 5.97 Å². The Balaban J connectivity index is 2.13. The summed E-state index contributed by atoms with van der Waals surface area (Å²) in [6.07, 6.45) is 0. The standard InChI is InChI=1S/C21H13Cl2NO4/c22-16-8-7-15-20(19(16)23)24(10-18(26)27)17-9-12(3-6-14(17)21(15)28)11-1-4-13(25)5-2-11/h1-9,25H,10H2,(H,26,27). The van der Waals surface area contributed by atoms with Crippen LogP contribution in [0.5, 0.6) is 5.75 Å². The quantitative estimate of drug-likeness (QED) is 0.467. The number of benzene rings is 3. The topological polar surface area (TPSA) is 79.5 Å². The Morgan fingerprint density at radius 2 is 1.57 bits per heavy atom. The number of nitrogens with zero attached hydrogens (tertiary/aromatic N) is 1. The minimum absolute atomic E-state index is 0.134. The molecule has 0 aliphatic heterocycles. The van der Waals surface area contributed by atoms with Crippen LogP contribution in [-0.2, 0) is 11.3 Å². The summed E-state index contributed by atoms with van der Waals surface area (Å²) in [5.74, 6) is -0.933. The van der Waals surface area contributed by atoms with E-state index in [0.717, 1.165) is 11.1 Å². The van der Waals surface area contributed by atoms with E-state index in [1.165, 1.54) is 10.6 Å². The van der Waals surface area contributed by atoms with Gasteiger partial charge in [-0.1, -0.05) is 41.4 Å². The van der Waals surface area contributed by atoms with Crippen molar-refractivity contribution in [2.45, 2.75) is 6.54 Å². The number of carbonyl (C=O) groups is 1. The van der Waals surface area contributed by atoms with Crippen molar-refractivity contribution in [2.75, 3.05) is 0 Å². The molecule has 1 heterocycles. The van der Waals surface area contributed by atoms with E-state index in [1.54, 1.807) is 48.5 Å². The average Bonchev–Trinajstić information content (AvgIpc) is 2.67. The van der Waals surface area contributed by atoms with Gasteiger partial charge in [-0.2, -0.15) is 0 Å². The number of aromatic hydroxyl groups is 1. The molecule has 0 saturated carbocycles. The second-order valence-corrected chi connectivity index (χ2v) is 7.13. The summed E-state index contributed by atoms with van der Waals surface area (Å²) in [4.78, 5) is 24.5. The first kappa shape index (κ1) is 18.3. The second kappa shape index (κ2) is 6.86. The summed E-state index contributed by atoms with van der Waals surface area (Å²) < 4.78 is 1.49. The molecule has 0 unspecified atom stereocenters. The number of pyridine rings is 1. The van der Waals surface area contributed by atoms with Gasteiger partial charge in [-0.05, 0) is 47.5 Å². The molecule has 0 spiro atoms. The van der Waals surface area contributed by atoms with Gasteiger partial charge in [0, 0.05) is 10.8 Å². The highest BCUT2D eigenvalue weighted by atomic mass is 35.5. The van der Waals surface area contributed by atoms with Crippen molar-refractivity contribution >= 4 is 51.0 Å². The maximum atomic E-state index is 13.0. The van der Waals surface area contributed by atoms with Crippen LogP contribution in [0.4, 0.5) is 0 Å². The van der Waals surface area contributed by atoms with Crippen molar-refractivity contribution < 1.29 is 15.0 Å². The molecule has 28 heavy (non-hydrogen) atoms. The Morgan fingerprint density at radius 1 is 0.929 bits per heavy atom. The molecule has 1 aromatic heterocycles. The number of aliphatic carboxylic acids is 1. The molecular formula is C21H13Cl2NO4. The number of hydrogen-bond acceptors (Lipinski definition) is 3. The highest BCUT2D eigenvalue weighted by molar-refractivity contribution is 6.45. The number of aromatic nitrogens is 1. The molecule has 0 radical (unpaired) electrons. The molecule has 0 saturated heterocycles. The molecule has 140 valence electrons. The highest BCUT2D eigenvalue weighted by Gasteiger charge is 2.17. The van der Waals surface area contributed by atoms with Crippen LogP contribution in [0.3, 0.4) is 0 Å². The summed E-state index contributed by atoms with van der Waals surface area (Å²) in [5, 5.41) is 20.0. The van der Waals surface area contributed by atoms with Gasteiger partial charge in [-0.3, -0.25) is 9.59 Å². The fourth-order valence-electron chi connectivity index (χ4n) is 3.33. The zero-order chi connectivity index (χ0) is 20.0. The molecule has 0 amide bonds. The first-order chi connectivity index (χ1) is 13.4. The Hall–Kier alpha value is -3.02. The number of carboxylic acids is 1. The highest BCUT2D eigenvalue weighted by Crippen LogP contribution is 2.33.